The topological polar surface area (TPSA) is 49.9 Å². The molecule has 3 rings (SSSR count). The molecular formula is C17H26N2O3S. The van der Waals surface area contributed by atoms with Crippen LogP contribution in [0.2, 0.25) is 0 Å². The first kappa shape index (κ1) is 16.7. The molecule has 1 spiro atoms. The van der Waals surface area contributed by atoms with Crippen LogP contribution in [0.5, 0.6) is 5.75 Å². The van der Waals surface area contributed by atoms with Crippen LogP contribution >= 0.6 is 0 Å². The lowest BCUT2D eigenvalue weighted by molar-refractivity contribution is 0.161. The average molecular weight is 338 g/mol. The van der Waals surface area contributed by atoms with Gasteiger partial charge in [0.2, 0.25) is 10.0 Å². The van der Waals surface area contributed by atoms with E-state index in [2.05, 4.69) is 11.9 Å². The molecule has 0 saturated carbocycles. The molecule has 0 bridgehead atoms. The van der Waals surface area contributed by atoms with E-state index in [4.69, 9.17) is 4.74 Å². The van der Waals surface area contributed by atoms with E-state index in [0.717, 1.165) is 31.5 Å². The van der Waals surface area contributed by atoms with Gasteiger partial charge in [0, 0.05) is 19.6 Å². The van der Waals surface area contributed by atoms with Gasteiger partial charge in [0.25, 0.3) is 0 Å². The Morgan fingerprint density at radius 3 is 2.35 bits per heavy atom. The number of nitrogens with zero attached hydrogens (tertiary/aromatic N) is 2. The summed E-state index contributed by atoms with van der Waals surface area (Å²) in [4.78, 5) is 2.64. The van der Waals surface area contributed by atoms with Crippen molar-refractivity contribution in [2.24, 2.45) is 5.41 Å². The molecule has 0 aliphatic carbocycles. The molecule has 2 fully saturated rings. The summed E-state index contributed by atoms with van der Waals surface area (Å²) in [5, 5.41) is 0. The fourth-order valence-corrected chi connectivity index (χ4v) is 5.47. The van der Waals surface area contributed by atoms with Crippen molar-refractivity contribution in [3.8, 4) is 5.75 Å². The molecule has 0 amide bonds. The zero-order valence-corrected chi connectivity index (χ0v) is 15.0. The quantitative estimate of drug-likeness (QED) is 0.847. The standard InChI is InChI=1S/C17H26N2O3S/c1-14-4-5-16(15(12-14)22-3)23(20,21)19-10-7-17(8-11-19)6-9-18(2)13-17/h4-5,12H,6-11,13H2,1-3H3. The largest absolute Gasteiger partial charge is 0.495 e. The summed E-state index contributed by atoms with van der Waals surface area (Å²) in [6.45, 7) is 5.36. The number of methoxy groups -OCH3 is 1. The van der Waals surface area contributed by atoms with Crippen LogP contribution in [0.3, 0.4) is 0 Å². The highest BCUT2D eigenvalue weighted by Gasteiger charge is 2.42. The van der Waals surface area contributed by atoms with Gasteiger partial charge in [0.1, 0.15) is 10.6 Å². The number of hydrogen-bond acceptors (Lipinski definition) is 4. The molecule has 2 aliphatic heterocycles. The van der Waals surface area contributed by atoms with Crippen molar-refractivity contribution < 1.29 is 13.2 Å². The van der Waals surface area contributed by atoms with E-state index in [1.807, 2.05) is 13.0 Å². The lowest BCUT2D eigenvalue weighted by Crippen LogP contribution is -2.44. The zero-order chi connectivity index (χ0) is 16.7. The third kappa shape index (κ3) is 3.12. The van der Waals surface area contributed by atoms with Crippen LogP contribution in [0.25, 0.3) is 0 Å². The Balaban J connectivity index is 1.80. The summed E-state index contributed by atoms with van der Waals surface area (Å²) in [6.07, 6.45) is 3.08. The average Bonchev–Trinajstić information content (AvgIpc) is 2.88. The normalized spacial score (nSPS) is 22.6. The Kier molecular flexibility index (Phi) is 4.42. The number of sulfonamides is 1. The molecule has 2 saturated heterocycles. The maximum absolute atomic E-state index is 13.0. The van der Waals surface area contributed by atoms with Crippen LogP contribution in [0.1, 0.15) is 24.8 Å². The fraction of sp³-hybridized carbons (Fsp3) is 0.647. The van der Waals surface area contributed by atoms with E-state index in [-0.39, 0.29) is 4.90 Å². The summed E-state index contributed by atoms with van der Waals surface area (Å²) >= 11 is 0. The van der Waals surface area contributed by atoms with Crippen molar-refractivity contribution in [1.29, 1.82) is 0 Å². The van der Waals surface area contributed by atoms with Crippen molar-refractivity contribution in [3.63, 3.8) is 0 Å². The zero-order valence-electron chi connectivity index (χ0n) is 14.2. The van der Waals surface area contributed by atoms with E-state index >= 15 is 0 Å². The van der Waals surface area contributed by atoms with Crippen LogP contribution < -0.4 is 4.74 Å². The molecule has 0 unspecified atom stereocenters. The van der Waals surface area contributed by atoms with Crippen LogP contribution in [0, 0.1) is 12.3 Å². The number of aryl methyl sites for hydroxylation is 1. The molecule has 0 aromatic heterocycles. The number of benzene rings is 1. The highest BCUT2D eigenvalue weighted by molar-refractivity contribution is 7.89. The van der Waals surface area contributed by atoms with Crippen molar-refractivity contribution in [3.05, 3.63) is 23.8 Å². The Morgan fingerprint density at radius 1 is 1.13 bits per heavy atom. The summed E-state index contributed by atoms with van der Waals surface area (Å²) in [6, 6.07) is 5.27. The molecule has 6 heteroatoms. The van der Waals surface area contributed by atoms with E-state index in [9.17, 15) is 8.42 Å². The van der Waals surface area contributed by atoms with E-state index in [1.165, 1.54) is 13.5 Å². The molecule has 1 aromatic carbocycles. The van der Waals surface area contributed by atoms with Gasteiger partial charge in [-0.3, -0.25) is 0 Å². The minimum absolute atomic E-state index is 0.282. The predicted molar refractivity (Wildman–Crippen MR) is 90.3 cm³/mol. The molecule has 0 atom stereocenters. The molecule has 23 heavy (non-hydrogen) atoms. The second-order valence-electron chi connectivity index (χ2n) is 7.05. The number of hydrogen-bond donors (Lipinski definition) is 0. The second kappa shape index (κ2) is 6.07. The Bertz CT molecular complexity index is 679. The molecule has 0 radical (unpaired) electrons. The van der Waals surface area contributed by atoms with Crippen LogP contribution in [-0.4, -0.2) is 58.0 Å². The van der Waals surface area contributed by atoms with Gasteiger partial charge in [-0.1, -0.05) is 6.07 Å². The molecule has 5 nitrogen and oxygen atoms in total. The highest BCUT2D eigenvalue weighted by Crippen LogP contribution is 2.41. The van der Waals surface area contributed by atoms with Crippen molar-refractivity contribution >= 4 is 10.0 Å². The number of likely N-dealkylation sites (tertiary alicyclic amines) is 1. The summed E-state index contributed by atoms with van der Waals surface area (Å²) in [5.41, 5.74) is 1.31. The molecule has 2 heterocycles. The van der Waals surface area contributed by atoms with Gasteiger partial charge in [0.15, 0.2) is 0 Å². The smallest absolute Gasteiger partial charge is 0.246 e. The predicted octanol–water partition coefficient (Wildman–Crippen LogP) is 2.11. The fourth-order valence-electron chi connectivity index (χ4n) is 3.89. The minimum Gasteiger partial charge on any atom is -0.495 e. The third-order valence-electron chi connectivity index (χ3n) is 5.35. The van der Waals surface area contributed by atoms with Gasteiger partial charge in [-0.2, -0.15) is 4.31 Å². The number of rotatable bonds is 3. The highest BCUT2D eigenvalue weighted by atomic mass is 32.2. The van der Waals surface area contributed by atoms with E-state index in [1.54, 1.807) is 16.4 Å². The van der Waals surface area contributed by atoms with Crippen LogP contribution in [0.15, 0.2) is 23.1 Å². The molecule has 2 aliphatic rings. The lowest BCUT2D eigenvalue weighted by atomic mass is 9.78. The third-order valence-corrected chi connectivity index (χ3v) is 7.29. The summed E-state index contributed by atoms with van der Waals surface area (Å²) < 4.78 is 32.9. The SMILES string of the molecule is COc1cc(C)ccc1S(=O)(=O)N1CCC2(CCN(C)C2)CC1. The lowest BCUT2D eigenvalue weighted by Gasteiger charge is -2.38. The van der Waals surface area contributed by atoms with Crippen LogP contribution in [-0.2, 0) is 10.0 Å². The Labute approximate surface area is 139 Å². The van der Waals surface area contributed by atoms with Gasteiger partial charge in [-0.15, -0.1) is 0 Å². The van der Waals surface area contributed by atoms with Crippen molar-refractivity contribution in [1.82, 2.24) is 9.21 Å². The summed E-state index contributed by atoms with van der Waals surface area (Å²) in [7, 11) is 0.182. The van der Waals surface area contributed by atoms with E-state index < -0.39 is 10.0 Å². The molecule has 128 valence electrons. The monoisotopic (exact) mass is 338 g/mol. The van der Waals surface area contributed by atoms with Crippen molar-refractivity contribution in [2.45, 2.75) is 31.1 Å². The molecular weight excluding hydrogens is 312 g/mol. The first-order valence-electron chi connectivity index (χ1n) is 8.20. The van der Waals surface area contributed by atoms with Crippen molar-refractivity contribution in [2.75, 3.05) is 40.3 Å². The van der Waals surface area contributed by atoms with Gasteiger partial charge in [-0.25, -0.2) is 8.42 Å². The number of ether oxygens (including phenoxy) is 1. The molecule has 0 N–H and O–H groups in total. The van der Waals surface area contributed by atoms with Gasteiger partial charge >= 0.3 is 0 Å². The van der Waals surface area contributed by atoms with Gasteiger partial charge < -0.3 is 9.64 Å². The van der Waals surface area contributed by atoms with Gasteiger partial charge in [0.05, 0.1) is 7.11 Å². The summed E-state index contributed by atoms with van der Waals surface area (Å²) in [5.74, 6) is 0.436. The maximum atomic E-state index is 13.0. The van der Waals surface area contributed by atoms with Crippen LogP contribution in [0.4, 0.5) is 0 Å². The number of piperidine rings is 1. The van der Waals surface area contributed by atoms with E-state index in [0.29, 0.717) is 24.3 Å². The first-order chi connectivity index (χ1) is 10.9. The minimum atomic E-state index is -3.49. The Hall–Kier alpha value is -1.11. The second-order valence-corrected chi connectivity index (χ2v) is 8.95. The first-order valence-corrected chi connectivity index (χ1v) is 9.64. The Morgan fingerprint density at radius 2 is 1.78 bits per heavy atom. The molecule has 1 aromatic rings. The maximum Gasteiger partial charge on any atom is 0.246 e. The van der Waals surface area contributed by atoms with Gasteiger partial charge in [-0.05, 0) is 62.9 Å².